The van der Waals surface area contributed by atoms with Crippen molar-refractivity contribution in [3.8, 4) is 5.75 Å². The van der Waals surface area contributed by atoms with Crippen LogP contribution in [-0.4, -0.2) is 25.1 Å². The summed E-state index contributed by atoms with van der Waals surface area (Å²) in [6.45, 7) is 4.24. The number of nitrogens with one attached hydrogen (secondary N) is 1. The fourth-order valence-corrected chi connectivity index (χ4v) is 1.45. The first kappa shape index (κ1) is 12.8. The van der Waals surface area contributed by atoms with Crippen molar-refractivity contribution < 1.29 is 4.74 Å². The molecule has 0 radical (unpaired) electrons. The second-order valence-electron chi connectivity index (χ2n) is 3.29. The van der Waals surface area contributed by atoms with Crippen molar-refractivity contribution in [1.82, 2.24) is 5.32 Å². The Morgan fingerprint density at radius 3 is 2.67 bits per heavy atom. The predicted molar refractivity (Wildman–Crippen MR) is 67.8 cm³/mol. The molecule has 1 unspecified atom stereocenters. The van der Waals surface area contributed by atoms with Crippen LogP contribution in [0.4, 0.5) is 0 Å². The number of benzene rings is 1. The molecule has 0 aliphatic rings. The van der Waals surface area contributed by atoms with Crippen molar-refractivity contribution in [3.05, 3.63) is 28.7 Å². The topological polar surface area (TPSA) is 21.3 Å². The van der Waals surface area contributed by atoms with Gasteiger partial charge in [-0.2, -0.15) is 0 Å². The maximum Gasteiger partial charge on any atom is 0.119 e. The number of alkyl halides is 1. The molecule has 15 heavy (non-hydrogen) atoms. The number of hydrogen-bond acceptors (Lipinski definition) is 2. The molecule has 0 bridgehead atoms. The van der Waals surface area contributed by atoms with Gasteiger partial charge in [-0.3, -0.25) is 0 Å². The molecule has 4 heteroatoms. The standard InChI is InChI=1S/C11H15BrClNO/c1-9(13)8-14-6-7-15-11-4-2-10(12)3-5-11/h2-5,9,14H,6-8H2,1H3. The van der Waals surface area contributed by atoms with E-state index in [1.165, 1.54) is 0 Å². The number of hydrogen-bond donors (Lipinski definition) is 1. The summed E-state index contributed by atoms with van der Waals surface area (Å²) in [5, 5.41) is 3.36. The molecule has 1 rings (SSSR count). The summed E-state index contributed by atoms with van der Waals surface area (Å²) in [6.07, 6.45) is 0. The number of rotatable bonds is 6. The van der Waals surface area contributed by atoms with Crippen molar-refractivity contribution in [1.29, 1.82) is 0 Å². The van der Waals surface area contributed by atoms with E-state index < -0.39 is 0 Å². The van der Waals surface area contributed by atoms with E-state index in [-0.39, 0.29) is 5.38 Å². The van der Waals surface area contributed by atoms with Crippen LogP contribution in [0.1, 0.15) is 6.92 Å². The Morgan fingerprint density at radius 2 is 2.07 bits per heavy atom. The molecular formula is C11H15BrClNO. The first-order valence-electron chi connectivity index (χ1n) is 4.91. The molecule has 1 atom stereocenters. The van der Waals surface area contributed by atoms with Crippen molar-refractivity contribution in [2.45, 2.75) is 12.3 Å². The van der Waals surface area contributed by atoms with Gasteiger partial charge in [0.2, 0.25) is 0 Å². The van der Waals surface area contributed by atoms with Gasteiger partial charge < -0.3 is 10.1 Å². The van der Waals surface area contributed by atoms with E-state index in [0.29, 0.717) is 6.61 Å². The molecule has 0 aromatic heterocycles. The van der Waals surface area contributed by atoms with Gasteiger partial charge in [0.25, 0.3) is 0 Å². The minimum Gasteiger partial charge on any atom is -0.492 e. The molecular weight excluding hydrogens is 277 g/mol. The van der Waals surface area contributed by atoms with E-state index in [0.717, 1.165) is 23.3 Å². The average Bonchev–Trinajstić information content (AvgIpc) is 2.20. The van der Waals surface area contributed by atoms with Gasteiger partial charge in [-0.1, -0.05) is 15.9 Å². The van der Waals surface area contributed by atoms with Crippen molar-refractivity contribution in [3.63, 3.8) is 0 Å². The second-order valence-corrected chi connectivity index (χ2v) is 4.95. The molecule has 0 saturated heterocycles. The highest BCUT2D eigenvalue weighted by molar-refractivity contribution is 9.10. The van der Waals surface area contributed by atoms with Crippen LogP contribution in [0.5, 0.6) is 5.75 Å². The van der Waals surface area contributed by atoms with Gasteiger partial charge in [0.05, 0.1) is 0 Å². The first-order valence-corrected chi connectivity index (χ1v) is 6.14. The lowest BCUT2D eigenvalue weighted by atomic mass is 10.3. The Morgan fingerprint density at radius 1 is 1.40 bits per heavy atom. The van der Waals surface area contributed by atoms with Gasteiger partial charge in [-0.05, 0) is 31.2 Å². The van der Waals surface area contributed by atoms with Crippen LogP contribution in [0, 0.1) is 0 Å². The zero-order valence-corrected chi connectivity index (χ0v) is 11.0. The monoisotopic (exact) mass is 291 g/mol. The van der Waals surface area contributed by atoms with Crippen LogP contribution in [0.25, 0.3) is 0 Å². The van der Waals surface area contributed by atoms with E-state index in [9.17, 15) is 0 Å². The molecule has 1 aromatic carbocycles. The largest absolute Gasteiger partial charge is 0.492 e. The van der Waals surface area contributed by atoms with E-state index >= 15 is 0 Å². The fourth-order valence-electron chi connectivity index (χ4n) is 1.07. The summed E-state index contributed by atoms with van der Waals surface area (Å²) in [5.74, 6) is 0.888. The lowest BCUT2D eigenvalue weighted by Gasteiger charge is -2.08. The molecule has 0 heterocycles. The predicted octanol–water partition coefficient (Wildman–Crippen LogP) is 3.04. The Kier molecular flexibility index (Phi) is 6.06. The van der Waals surface area contributed by atoms with E-state index in [1.54, 1.807) is 0 Å². The zero-order valence-electron chi connectivity index (χ0n) is 8.67. The molecule has 1 aromatic rings. The van der Waals surface area contributed by atoms with E-state index in [1.807, 2.05) is 31.2 Å². The van der Waals surface area contributed by atoms with Crippen LogP contribution in [0.3, 0.4) is 0 Å². The van der Waals surface area contributed by atoms with Crippen LogP contribution in [0.15, 0.2) is 28.7 Å². The molecule has 0 saturated carbocycles. The third kappa shape index (κ3) is 6.03. The maximum absolute atomic E-state index is 5.78. The van der Waals surface area contributed by atoms with Crippen LogP contribution < -0.4 is 10.1 Å². The minimum atomic E-state index is 0.165. The van der Waals surface area contributed by atoms with Crippen molar-refractivity contribution >= 4 is 27.5 Å². The molecule has 2 nitrogen and oxygen atoms in total. The Labute approximate surface area is 104 Å². The number of halogens is 2. The molecule has 84 valence electrons. The Hall–Kier alpha value is -0.250. The summed E-state index contributed by atoms with van der Waals surface area (Å²) in [5.41, 5.74) is 0. The zero-order chi connectivity index (χ0) is 11.1. The van der Waals surface area contributed by atoms with Gasteiger partial charge in [-0.25, -0.2) is 0 Å². The summed E-state index contributed by atoms with van der Waals surface area (Å²) in [7, 11) is 0. The highest BCUT2D eigenvalue weighted by atomic mass is 79.9. The maximum atomic E-state index is 5.78. The lowest BCUT2D eigenvalue weighted by Crippen LogP contribution is -2.26. The highest BCUT2D eigenvalue weighted by Crippen LogP contribution is 2.15. The molecule has 0 amide bonds. The summed E-state index contributed by atoms with van der Waals surface area (Å²) < 4.78 is 6.58. The molecule has 0 aliphatic carbocycles. The highest BCUT2D eigenvalue weighted by Gasteiger charge is 1.95. The summed E-state index contributed by atoms with van der Waals surface area (Å²) in [6, 6.07) is 7.80. The van der Waals surface area contributed by atoms with Crippen molar-refractivity contribution in [2.75, 3.05) is 19.7 Å². The average molecular weight is 293 g/mol. The van der Waals surface area contributed by atoms with Gasteiger partial charge in [0.15, 0.2) is 0 Å². The smallest absolute Gasteiger partial charge is 0.119 e. The van der Waals surface area contributed by atoms with E-state index in [2.05, 4.69) is 21.2 Å². The SMILES string of the molecule is CC(Cl)CNCCOc1ccc(Br)cc1. The van der Waals surface area contributed by atoms with Gasteiger partial charge in [0, 0.05) is 22.9 Å². The third-order valence-corrected chi connectivity index (χ3v) is 2.47. The normalized spacial score (nSPS) is 12.5. The number of ether oxygens (including phenoxy) is 1. The Bertz CT molecular complexity index is 276. The quantitative estimate of drug-likeness (QED) is 0.643. The van der Waals surface area contributed by atoms with E-state index in [4.69, 9.17) is 16.3 Å². The van der Waals surface area contributed by atoms with Gasteiger partial charge in [-0.15, -0.1) is 11.6 Å². The summed E-state index contributed by atoms with van der Waals surface area (Å²) in [4.78, 5) is 0. The van der Waals surface area contributed by atoms with Gasteiger partial charge >= 0.3 is 0 Å². The first-order chi connectivity index (χ1) is 7.18. The third-order valence-electron chi connectivity index (χ3n) is 1.79. The molecule has 1 N–H and O–H groups in total. The molecule has 0 aliphatic heterocycles. The van der Waals surface area contributed by atoms with Crippen LogP contribution in [-0.2, 0) is 0 Å². The molecule has 0 fully saturated rings. The summed E-state index contributed by atoms with van der Waals surface area (Å²) >= 11 is 9.15. The van der Waals surface area contributed by atoms with Crippen LogP contribution >= 0.6 is 27.5 Å². The fraction of sp³-hybridized carbons (Fsp3) is 0.455. The Balaban J connectivity index is 2.12. The van der Waals surface area contributed by atoms with Crippen LogP contribution in [0.2, 0.25) is 0 Å². The van der Waals surface area contributed by atoms with Gasteiger partial charge in [0.1, 0.15) is 12.4 Å². The van der Waals surface area contributed by atoms with Crippen molar-refractivity contribution in [2.24, 2.45) is 0 Å². The second kappa shape index (κ2) is 7.09. The minimum absolute atomic E-state index is 0.165. The lowest BCUT2D eigenvalue weighted by molar-refractivity contribution is 0.314. The molecule has 0 spiro atoms.